The molecule has 1 aromatic carbocycles. The molecule has 0 saturated carbocycles. The molecule has 0 spiro atoms. The lowest BCUT2D eigenvalue weighted by atomic mass is 10.1. The molecule has 1 heterocycles. The maximum absolute atomic E-state index is 12.2. The molecule has 1 aliphatic heterocycles. The van der Waals surface area contributed by atoms with Gasteiger partial charge in [0.15, 0.2) is 0 Å². The summed E-state index contributed by atoms with van der Waals surface area (Å²) in [6.45, 7) is 4.18. The summed E-state index contributed by atoms with van der Waals surface area (Å²) in [6.07, 6.45) is 0. The lowest BCUT2D eigenvalue weighted by Crippen LogP contribution is -2.31. The molecule has 0 radical (unpaired) electrons. The first kappa shape index (κ1) is 13.5. The molecule has 5 nitrogen and oxygen atoms in total. The summed E-state index contributed by atoms with van der Waals surface area (Å²) in [5.41, 5.74) is 0.890. The van der Waals surface area contributed by atoms with E-state index in [1.807, 2.05) is 13.8 Å². The standard InChI is InChI=1S/C11H13BrN2O3S/c1-6(2)14-5-7-3-8(12)4-9(18(13,16)17)10(7)11(14)15/h3-4,6H,5H2,1-2H3,(H2,13,16,17). The third-order valence-electron chi connectivity index (χ3n) is 2.89. The van der Waals surface area contributed by atoms with Gasteiger partial charge in [0, 0.05) is 17.1 Å². The summed E-state index contributed by atoms with van der Waals surface area (Å²) in [6, 6.07) is 3.14. The van der Waals surface area contributed by atoms with Crippen LogP contribution in [0.3, 0.4) is 0 Å². The van der Waals surface area contributed by atoms with Crippen LogP contribution in [0.1, 0.15) is 29.8 Å². The highest BCUT2D eigenvalue weighted by Crippen LogP contribution is 2.32. The molecular weight excluding hydrogens is 320 g/mol. The summed E-state index contributed by atoms with van der Waals surface area (Å²) in [7, 11) is -3.91. The van der Waals surface area contributed by atoms with Gasteiger partial charge in [-0.25, -0.2) is 13.6 Å². The number of primary sulfonamides is 1. The van der Waals surface area contributed by atoms with Gasteiger partial charge >= 0.3 is 0 Å². The minimum absolute atomic E-state index is 0.0111. The van der Waals surface area contributed by atoms with Crippen LogP contribution in [0.2, 0.25) is 0 Å². The molecule has 2 N–H and O–H groups in total. The van der Waals surface area contributed by atoms with Crippen LogP contribution < -0.4 is 5.14 Å². The van der Waals surface area contributed by atoms with Crippen LogP contribution >= 0.6 is 15.9 Å². The fourth-order valence-electron chi connectivity index (χ4n) is 2.04. The zero-order valence-corrected chi connectivity index (χ0v) is 12.4. The van der Waals surface area contributed by atoms with Crippen molar-refractivity contribution in [2.75, 3.05) is 0 Å². The Kier molecular flexibility index (Phi) is 3.25. The van der Waals surface area contributed by atoms with Crippen molar-refractivity contribution < 1.29 is 13.2 Å². The van der Waals surface area contributed by atoms with Gasteiger partial charge < -0.3 is 4.90 Å². The van der Waals surface area contributed by atoms with E-state index in [0.717, 1.165) is 0 Å². The Bertz CT molecular complexity index is 625. The number of hydrogen-bond donors (Lipinski definition) is 1. The maximum Gasteiger partial charge on any atom is 0.256 e. The van der Waals surface area contributed by atoms with Gasteiger partial charge in [0.2, 0.25) is 10.0 Å². The molecule has 0 unspecified atom stereocenters. The molecule has 0 fully saturated rings. The topological polar surface area (TPSA) is 80.5 Å². The molecule has 0 aliphatic carbocycles. The Morgan fingerprint density at radius 1 is 1.39 bits per heavy atom. The van der Waals surface area contributed by atoms with Crippen LogP contribution in [0.5, 0.6) is 0 Å². The number of carbonyl (C=O) groups is 1. The summed E-state index contributed by atoms with van der Waals surface area (Å²) < 4.78 is 23.7. The molecule has 7 heteroatoms. The number of nitrogens with two attached hydrogens (primary N) is 1. The first-order valence-corrected chi connectivity index (χ1v) is 7.72. The van der Waals surface area contributed by atoms with Gasteiger partial charge in [-0.05, 0) is 31.5 Å². The molecular formula is C11H13BrN2O3S. The van der Waals surface area contributed by atoms with Gasteiger partial charge in [-0.15, -0.1) is 0 Å². The maximum atomic E-state index is 12.2. The number of amides is 1. The lowest BCUT2D eigenvalue weighted by Gasteiger charge is -2.19. The fourth-order valence-corrected chi connectivity index (χ4v) is 3.49. The van der Waals surface area contributed by atoms with Crippen molar-refractivity contribution in [3.8, 4) is 0 Å². The average Bonchev–Trinajstić information content (AvgIpc) is 2.53. The molecule has 1 aliphatic rings. The van der Waals surface area contributed by atoms with E-state index in [-0.39, 0.29) is 22.4 Å². The van der Waals surface area contributed by atoms with Crippen molar-refractivity contribution >= 4 is 31.9 Å². The van der Waals surface area contributed by atoms with E-state index in [1.54, 1.807) is 11.0 Å². The number of halogens is 1. The van der Waals surface area contributed by atoms with Gasteiger partial charge in [-0.1, -0.05) is 15.9 Å². The molecule has 0 aromatic heterocycles. The Morgan fingerprint density at radius 2 is 2.00 bits per heavy atom. The van der Waals surface area contributed by atoms with Crippen molar-refractivity contribution in [3.05, 3.63) is 27.7 Å². The third-order valence-corrected chi connectivity index (χ3v) is 4.29. The van der Waals surface area contributed by atoms with Crippen molar-refractivity contribution in [1.29, 1.82) is 0 Å². The Morgan fingerprint density at radius 3 is 2.50 bits per heavy atom. The van der Waals surface area contributed by atoms with E-state index in [2.05, 4.69) is 15.9 Å². The van der Waals surface area contributed by atoms with E-state index in [1.165, 1.54) is 6.07 Å². The van der Waals surface area contributed by atoms with Gasteiger partial charge in [-0.3, -0.25) is 4.79 Å². The minimum Gasteiger partial charge on any atom is -0.332 e. The average molecular weight is 333 g/mol. The van der Waals surface area contributed by atoms with Crippen LogP contribution in [0, 0.1) is 0 Å². The molecule has 18 heavy (non-hydrogen) atoms. The number of fused-ring (bicyclic) bond motifs is 1. The van der Waals surface area contributed by atoms with Crippen LogP contribution in [-0.2, 0) is 16.6 Å². The lowest BCUT2D eigenvalue weighted by molar-refractivity contribution is 0.0728. The fraction of sp³-hybridized carbons (Fsp3) is 0.364. The summed E-state index contributed by atoms with van der Waals surface area (Å²) in [4.78, 5) is 13.7. The van der Waals surface area contributed by atoms with Crippen LogP contribution in [0.25, 0.3) is 0 Å². The molecule has 0 atom stereocenters. The highest BCUT2D eigenvalue weighted by molar-refractivity contribution is 9.10. The van der Waals surface area contributed by atoms with E-state index in [9.17, 15) is 13.2 Å². The van der Waals surface area contributed by atoms with Crippen molar-refractivity contribution in [2.24, 2.45) is 5.14 Å². The van der Waals surface area contributed by atoms with Crippen molar-refractivity contribution in [3.63, 3.8) is 0 Å². The second-order valence-corrected chi connectivity index (χ2v) is 6.96. The number of hydrogen-bond acceptors (Lipinski definition) is 3. The smallest absolute Gasteiger partial charge is 0.256 e. The van der Waals surface area contributed by atoms with E-state index in [0.29, 0.717) is 16.6 Å². The van der Waals surface area contributed by atoms with E-state index < -0.39 is 10.0 Å². The highest BCUT2D eigenvalue weighted by atomic mass is 79.9. The van der Waals surface area contributed by atoms with Crippen molar-refractivity contribution in [2.45, 2.75) is 31.3 Å². The first-order chi connectivity index (χ1) is 8.21. The van der Waals surface area contributed by atoms with Crippen LogP contribution in [0.4, 0.5) is 0 Å². The highest BCUT2D eigenvalue weighted by Gasteiger charge is 2.34. The van der Waals surface area contributed by atoms with Gasteiger partial charge in [0.1, 0.15) is 0 Å². The zero-order valence-electron chi connectivity index (χ0n) is 9.97. The molecule has 0 saturated heterocycles. The molecule has 1 amide bonds. The van der Waals surface area contributed by atoms with Crippen LogP contribution in [0.15, 0.2) is 21.5 Å². The van der Waals surface area contributed by atoms with Crippen molar-refractivity contribution in [1.82, 2.24) is 4.90 Å². The van der Waals surface area contributed by atoms with Gasteiger partial charge in [0.05, 0.1) is 10.5 Å². The predicted octanol–water partition coefficient (Wildman–Crippen LogP) is 1.46. The number of benzene rings is 1. The van der Waals surface area contributed by atoms with E-state index in [4.69, 9.17) is 5.14 Å². The summed E-state index contributed by atoms with van der Waals surface area (Å²) in [5, 5.41) is 5.16. The quantitative estimate of drug-likeness (QED) is 0.890. The second kappa shape index (κ2) is 4.32. The number of rotatable bonds is 2. The Balaban J connectivity index is 2.68. The predicted molar refractivity (Wildman–Crippen MR) is 70.5 cm³/mol. The van der Waals surface area contributed by atoms with E-state index >= 15 is 0 Å². The minimum atomic E-state index is -3.91. The van der Waals surface area contributed by atoms with Gasteiger partial charge in [0.25, 0.3) is 5.91 Å². The molecule has 0 bridgehead atoms. The van der Waals surface area contributed by atoms with Crippen LogP contribution in [-0.4, -0.2) is 25.3 Å². The third kappa shape index (κ3) is 2.17. The first-order valence-electron chi connectivity index (χ1n) is 5.38. The molecule has 98 valence electrons. The molecule has 2 rings (SSSR count). The Labute approximate surface area is 114 Å². The number of nitrogens with zero attached hydrogens (tertiary/aromatic N) is 1. The summed E-state index contributed by atoms with van der Waals surface area (Å²) >= 11 is 3.24. The number of sulfonamides is 1. The monoisotopic (exact) mass is 332 g/mol. The molecule has 1 aromatic rings. The summed E-state index contributed by atoms with van der Waals surface area (Å²) in [5.74, 6) is -0.281. The SMILES string of the molecule is CC(C)N1Cc2cc(Br)cc(S(N)(=O)=O)c2C1=O. The normalized spacial score (nSPS) is 15.4. The Hall–Kier alpha value is -0.920. The second-order valence-electron chi connectivity index (χ2n) is 4.51. The largest absolute Gasteiger partial charge is 0.332 e. The zero-order chi connectivity index (χ0) is 13.7. The van der Waals surface area contributed by atoms with Gasteiger partial charge in [-0.2, -0.15) is 0 Å². The number of carbonyl (C=O) groups excluding carboxylic acids is 1.